The molecule has 1 aromatic carbocycles. The SMILES string of the molecule is FC(F)(F)c1cc(NC(=S)N[C@@H]2C[C@@H]3CC[C@@H]2C3)ccc1Cl. The minimum Gasteiger partial charge on any atom is -0.359 e. The second kappa shape index (κ2) is 5.89. The van der Waals surface area contributed by atoms with Gasteiger partial charge in [0.25, 0.3) is 0 Å². The lowest BCUT2D eigenvalue weighted by atomic mass is 9.96. The number of hydrogen-bond donors (Lipinski definition) is 2. The summed E-state index contributed by atoms with van der Waals surface area (Å²) in [4.78, 5) is 0. The van der Waals surface area contributed by atoms with Crippen molar-refractivity contribution in [2.24, 2.45) is 11.8 Å². The van der Waals surface area contributed by atoms with Gasteiger partial charge in [-0.2, -0.15) is 13.2 Å². The molecule has 2 fully saturated rings. The van der Waals surface area contributed by atoms with Crippen molar-refractivity contribution in [2.75, 3.05) is 5.32 Å². The highest BCUT2D eigenvalue weighted by molar-refractivity contribution is 7.80. The van der Waals surface area contributed by atoms with Gasteiger partial charge in [-0.05, 0) is 61.5 Å². The summed E-state index contributed by atoms with van der Waals surface area (Å²) in [6, 6.07) is 4.05. The first-order chi connectivity index (χ1) is 10.3. The lowest BCUT2D eigenvalue weighted by molar-refractivity contribution is -0.137. The molecule has 2 saturated carbocycles. The van der Waals surface area contributed by atoms with Gasteiger partial charge in [-0.1, -0.05) is 18.0 Å². The van der Waals surface area contributed by atoms with Crippen LogP contribution < -0.4 is 10.6 Å². The molecular weight excluding hydrogens is 333 g/mol. The second-order valence-corrected chi connectivity index (χ2v) is 6.89. The molecule has 0 aromatic heterocycles. The van der Waals surface area contributed by atoms with E-state index in [0.717, 1.165) is 18.4 Å². The Balaban J connectivity index is 1.64. The average Bonchev–Trinajstić information content (AvgIpc) is 3.02. The quantitative estimate of drug-likeness (QED) is 0.748. The van der Waals surface area contributed by atoms with Gasteiger partial charge in [0.15, 0.2) is 5.11 Å². The highest BCUT2D eigenvalue weighted by Crippen LogP contribution is 2.44. The summed E-state index contributed by atoms with van der Waals surface area (Å²) >= 11 is 10.8. The molecule has 2 bridgehead atoms. The van der Waals surface area contributed by atoms with Crippen LogP contribution in [0, 0.1) is 11.8 Å². The minimum absolute atomic E-state index is 0.289. The fraction of sp³-hybridized carbons (Fsp3) is 0.533. The molecule has 3 atom stereocenters. The maximum absolute atomic E-state index is 12.8. The van der Waals surface area contributed by atoms with Crippen LogP contribution >= 0.6 is 23.8 Å². The Bertz CT molecular complexity index is 591. The first-order valence-electron chi connectivity index (χ1n) is 7.27. The number of benzene rings is 1. The zero-order chi connectivity index (χ0) is 15.9. The summed E-state index contributed by atoms with van der Waals surface area (Å²) in [6.45, 7) is 0. The van der Waals surface area contributed by atoms with Crippen molar-refractivity contribution in [3.63, 3.8) is 0 Å². The standard InChI is InChI=1S/C15H16ClF3N2S/c16-12-4-3-10(7-11(12)15(17,18)19)20-14(22)21-13-6-8-1-2-9(13)5-8/h3-4,7-9,13H,1-2,5-6H2,(H2,20,21,22)/t8-,9-,13-/m1/s1. The number of alkyl halides is 3. The monoisotopic (exact) mass is 348 g/mol. The van der Waals surface area contributed by atoms with Crippen molar-refractivity contribution < 1.29 is 13.2 Å². The fourth-order valence-corrected chi connectivity index (χ4v) is 4.07. The molecule has 0 spiro atoms. The fourth-order valence-electron chi connectivity index (χ4n) is 3.58. The zero-order valence-corrected chi connectivity index (χ0v) is 13.3. The predicted octanol–water partition coefficient (Wildman–Crippen LogP) is 4.83. The largest absolute Gasteiger partial charge is 0.417 e. The molecule has 120 valence electrons. The molecule has 2 aliphatic carbocycles. The molecule has 1 aromatic rings. The van der Waals surface area contributed by atoms with Gasteiger partial charge in [-0.15, -0.1) is 0 Å². The molecular formula is C15H16ClF3N2S. The maximum Gasteiger partial charge on any atom is 0.417 e. The van der Waals surface area contributed by atoms with Crippen LogP contribution in [0.25, 0.3) is 0 Å². The van der Waals surface area contributed by atoms with Gasteiger partial charge in [0.1, 0.15) is 0 Å². The van der Waals surface area contributed by atoms with E-state index in [-0.39, 0.29) is 10.7 Å². The highest BCUT2D eigenvalue weighted by Gasteiger charge is 2.39. The van der Waals surface area contributed by atoms with Gasteiger partial charge in [0, 0.05) is 11.7 Å². The van der Waals surface area contributed by atoms with E-state index in [1.165, 1.54) is 31.4 Å². The molecule has 0 aliphatic heterocycles. The van der Waals surface area contributed by atoms with E-state index in [4.69, 9.17) is 23.8 Å². The normalized spacial score (nSPS) is 27.0. The second-order valence-electron chi connectivity index (χ2n) is 6.07. The van der Waals surface area contributed by atoms with E-state index in [0.29, 0.717) is 17.1 Å². The van der Waals surface area contributed by atoms with Crippen LogP contribution in [0.2, 0.25) is 5.02 Å². The third-order valence-corrected chi connectivity index (χ3v) is 5.13. The number of hydrogen-bond acceptors (Lipinski definition) is 1. The average molecular weight is 349 g/mol. The van der Waals surface area contributed by atoms with Gasteiger partial charge < -0.3 is 10.6 Å². The Hall–Kier alpha value is -1.01. The van der Waals surface area contributed by atoms with Crippen LogP contribution in [0.15, 0.2) is 18.2 Å². The van der Waals surface area contributed by atoms with E-state index in [2.05, 4.69) is 10.6 Å². The number of nitrogens with one attached hydrogen (secondary N) is 2. The van der Waals surface area contributed by atoms with Crippen LogP contribution in [0.1, 0.15) is 31.2 Å². The molecule has 0 heterocycles. The minimum atomic E-state index is -4.48. The van der Waals surface area contributed by atoms with Crippen molar-refractivity contribution in [1.82, 2.24) is 5.32 Å². The summed E-state index contributed by atoms with van der Waals surface area (Å²) in [6.07, 6.45) is 0.355. The van der Waals surface area contributed by atoms with Gasteiger partial charge >= 0.3 is 6.18 Å². The molecule has 3 rings (SSSR count). The number of anilines is 1. The molecule has 0 unspecified atom stereocenters. The summed E-state index contributed by atoms with van der Waals surface area (Å²) in [5.74, 6) is 1.42. The van der Waals surface area contributed by atoms with Crippen LogP contribution in [0.3, 0.4) is 0 Å². The van der Waals surface area contributed by atoms with Crippen molar-refractivity contribution in [3.05, 3.63) is 28.8 Å². The van der Waals surface area contributed by atoms with Crippen molar-refractivity contribution in [1.29, 1.82) is 0 Å². The van der Waals surface area contributed by atoms with E-state index in [1.807, 2.05) is 0 Å². The highest BCUT2D eigenvalue weighted by atomic mass is 35.5. The van der Waals surface area contributed by atoms with Crippen LogP contribution in [0.5, 0.6) is 0 Å². The smallest absolute Gasteiger partial charge is 0.359 e. The molecule has 0 radical (unpaired) electrons. The van der Waals surface area contributed by atoms with Crippen LogP contribution in [-0.4, -0.2) is 11.2 Å². The zero-order valence-electron chi connectivity index (χ0n) is 11.7. The molecule has 0 amide bonds. The number of thiocarbonyl (C=S) groups is 1. The van der Waals surface area contributed by atoms with Gasteiger partial charge in [-0.25, -0.2) is 0 Å². The first-order valence-corrected chi connectivity index (χ1v) is 8.06. The molecule has 0 saturated heterocycles. The van der Waals surface area contributed by atoms with Crippen LogP contribution in [-0.2, 0) is 6.18 Å². The Morgan fingerprint density at radius 3 is 2.59 bits per heavy atom. The number of rotatable bonds is 2. The van der Waals surface area contributed by atoms with Crippen molar-refractivity contribution >= 4 is 34.6 Å². The van der Waals surface area contributed by atoms with Crippen molar-refractivity contribution in [3.8, 4) is 0 Å². The summed E-state index contributed by atoms with van der Waals surface area (Å²) in [7, 11) is 0. The molecule has 22 heavy (non-hydrogen) atoms. The Labute approximate surface area is 137 Å². The third-order valence-electron chi connectivity index (χ3n) is 4.58. The van der Waals surface area contributed by atoms with E-state index < -0.39 is 11.7 Å². The van der Waals surface area contributed by atoms with Gasteiger partial charge in [0.05, 0.1) is 10.6 Å². The summed E-state index contributed by atoms with van der Waals surface area (Å²) in [5, 5.41) is 6.12. The maximum atomic E-state index is 12.8. The Morgan fingerprint density at radius 1 is 1.23 bits per heavy atom. The van der Waals surface area contributed by atoms with Gasteiger partial charge in [-0.3, -0.25) is 0 Å². The molecule has 2 nitrogen and oxygen atoms in total. The summed E-state index contributed by atoms with van der Waals surface area (Å²) in [5.41, 5.74) is -0.570. The first kappa shape index (κ1) is 15.9. The topological polar surface area (TPSA) is 24.1 Å². The molecule has 2 N–H and O–H groups in total. The lowest BCUT2D eigenvalue weighted by Gasteiger charge is -2.24. The summed E-state index contributed by atoms with van der Waals surface area (Å²) < 4.78 is 38.5. The predicted molar refractivity (Wildman–Crippen MR) is 85.0 cm³/mol. The third kappa shape index (κ3) is 3.33. The van der Waals surface area contributed by atoms with E-state index >= 15 is 0 Å². The van der Waals surface area contributed by atoms with E-state index in [9.17, 15) is 13.2 Å². The number of fused-ring (bicyclic) bond motifs is 2. The van der Waals surface area contributed by atoms with Gasteiger partial charge in [0.2, 0.25) is 0 Å². The lowest BCUT2D eigenvalue weighted by Crippen LogP contribution is -2.40. The molecule has 7 heteroatoms. The van der Waals surface area contributed by atoms with Crippen molar-refractivity contribution in [2.45, 2.75) is 37.9 Å². The Morgan fingerprint density at radius 2 is 2.00 bits per heavy atom. The van der Waals surface area contributed by atoms with E-state index in [1.54, 1.807) is 0 Å². The van der Waals surface area contributed by atoms with Crippen LogP contribution in [0.4, 0.5) is 18.9 Å². The Kier molecular flexibility index (Phi) is 4.25. The molecule has 2 aliphatic rings. The number of halogens is 4.